The number of benzene rings is 1. The molecule has 0 saturated carbocycles. The molecule has 0 aromatic heterocycles. The zero-order chi connectivity index (χ0) is 15.8. The van der Waals surface area contributed by atoms with Crippen LogP contribution in [0.5, 0.6) is 11.5 Å². The molecule has 0 aliphatic carbocycles. The molecule has 0 spiro atoms. The van der Waals surface area contributed by atoms with Crippen LogP contribution in [-0.4, -0.2) is 28.9 Å². The van der Waals surface area contributed by atoms with E-state index in [9.17, 15) is 15.0 Å². The first-order valence-corrected chi connectivity index (χ1v) is 7.15. The molecule has 21 heavy (non-hydrogen) atoms. The van der Waals surface area contributed by atoms with E-state index in [-0.39, 0.29) is 6.10 Å². The molecule has 1 aromatic carbocycles. The molecule has 0 bridgehead atoms. The van der Waals surface area contributed by atoms with Crippen molar-refractivity contribution in [2.45, 2.75) is 46.3 Å². The molecule has 2 atom stereocenters. The Morgan fingerprint density at radius 3 is 2.76 bits per heavy atom. The second-order valence-electron chi connectivity index (χ2n) is 5.99. The molecular weight excluding hydrogens is 272 g/mol. The number of hydrogen-bond donors (Lipinski definition) is 2. The van der Waals surface area contributed by atoms with Crippen molar-refractivity contribution in [3.8, 4) is 11.5 Å². The number of carboxylic acids is 1. The second kappa shape index (κ2) is 5.56. The van der Waals surface area contributed by atoms with E-state index in [1.54, 1.807) is 6.07 Å². The van der Waals surface area contributed by atoms with Crippen LogP contribution >= 0.6 is 0 Å². The van der Waals surface area contributed by atoms with E-state index in [4.69, 9.17) is 9.47 Å². The highest BCUT2D eigenvalue weighted by atomic mass is 16.5. The Hall–Kier alpha value is -1.75. The summed E-state index contributed by atoms with van der Waals surface area (Å²) in [6.07, 6.45) is -0.315. The van der Waals surface area contributed by atoms with E-state index in [0.717, 1.165) is 12.0 Å². The highest BCUT2D eigenvalue weighted by molar-refractivity contribution is 5.75. The first-order valence-electron chi connectivity index (χ1n) is 7.15. The number of carbonyl (C=O) groups is 1. The Balaban J connectivity index is 2.47. The normalized spacial score (nSPS) is 18.8. The zero-order valence-electron chi connectivity index (χ0n) is 12.8. The Kier molecular flexibility index (Phi) is 4.14. The number of aliphatic carboxylic acids is 1. The number of aliphatic hydroxyl groups is 1. The van der Waals surface area contributed by atoms with Crippen molar-refractivity contribution >= 4 is 5.97 Å². The largest absolute Gasteiger partial charge is 0.493 e. The monoisotopic (exact) mass is 294 g/mol. The van der Waals surface area contributed by atoms with Crippen LogP contribution in [0.1, 0.15) is 44.9 Å². The van der Waals surface area contributed by atoms with E-state index in [0.29, 0.717) is 23.7 Å². The van der Waals surface area contributed by atoms with Crippen molar-refractivity contribution in [2.75, 3.05) is 6.61 Å². The molecule has 2 N–H and O–H groups in total. The van der Waals surface area contributed by atoms with Gasteiger partial charge in [-0.05, 0) is 39.8 Å². The summed E-state index contributed by atoms with van der Waals surface area (Å²) in [4.78, 5) is 11.4. The summed E-state index contributed by atoms with van der Waals surface area (Å²) in [5.41, 5.74) is 0.164. The maximum Gasteiger partial charge on any atom is 0.312 e. The van der Waals surface area contributed by atoms with Gasteiger partial charge in [-0.3, -0.25) is 4.79 Å². The fourth-order valence-corrected chi connectivity index (χ4v) is 2.45. The van der Waals surface area contributed by atoms with Gasteiger partial charge in [0.05, 0.1) is 18.1 Å². The van der Waals surface area contributed by atoms with Crippen LogP contribution < -0.4 is 9.47 Å². The third-order valence-corrected chi connectivity index (χ3v) is 3.86. The standard InChI is InChI=1S/C16H22O5/c1-5-20-13-7-10-6-9(2)21-12(10)8-11(13)14(17)16(3,4)15(18)19/h7-9,14,17H,5-6H2,1-4H3,(H,18,19). The second-order valence-corrected chi connectivity index (χ2v) is 5.99. The summed E-state index contributed by atoms with van der Waals surface area (Å²) in [5.74, 6) is 0.157. The van der Waals surface area contributed by atoms with Gasteiger partial charge in [-0.15, -0.1) is 0 Å². The Morgan fingerprint density at radius 1 is 1.52 bits per heavy atom. The molecule has 1 aliphatic rings. The van der Waals surface area contributed by atoms with Crippen LogP contribution in [0.25, 0.3) is 0 Å². The Morgan fingerprint density at radius 2 is 2.19 bits per heavy atom. The summed E-state index contributed by atoms with van der Waals surface area (Å²) >= 11 is 0. The van der Waals surface area contributed by atoms with Gasteiger partial charge < -0.3 is 19.7 Å². The molecule has 116 valence electrons. The van der Waals surface area contributed by atoms with Gasteiger partial charge in [-0.1, -0.05) is 0 Å². The summed E-state index contributed by atoms with van der Waals surface area (Å²) in [7, 11) is 0. The Labute approximate surface area is 124 Å². The molecule has 0 saturated heterocycles. The number of hydrogen-bond acceptors (Lipinski definition) is 4. The van der Waals surface area contributed by atoms with Crippen LogP contribution in [-0.2, 0) is 11.2 Å². The molecule has 2 rings (SSSR count). The lowest BCUT2D eigenvalue weighted by atomic mass is 9.82. The molecule has 0 fully saturated rings. The van der Waals surface area contributed by atoms with Crippen LogP contribution in [0, 0.1) is 5.41 Å². The van der Waals surface area contributed by atoms with E-state index in [2.05, 4.69) is 0 Å². The molecule has 5 nitrogen and oxygen atoms in total. The highest BCUT2D eigenvalue weighted by Crippen LogP contribution is 2.43. The quantitative estimate of drug-likeness (QED) is 0.873. The van der Waals surface area contributed by atoms with Gasteiger partial charge in [-0.25, -0.2) is 0 Å². The van der Waals surface area contributed by atoms with Gasteiger partial charge in [0, 0.05) is 17.5 Å². The van der Waals surface area contributed by atoms with Gasteiger partial charge in [-0.2, -0.15) is 0 Å². The highest BCUT2D eigenvalue weighted by Gasteiger charge is 2.39. The van der Waals surface area contributed by atoms with Crippen LogP contribution in [0.4, 0.5) is 0 Å². The fourth-order valence-electron chi connectivity index (χ4n) is 2.45. The third-order valence-electron chi connectivity index (χ3n) is 3.86. The van der Waals surface area contributed by atoms with Gasteiger partial charge in [0.1, 0.15) is 17.6 Å². The minimum atomic E-state index is -1.32. The van der Waals surface area contributed by atoms with Crippen molar-refractivity contribution in [1.82, 2.24) is 0 Å². The lowest BCUT2D eigenvalue weighted by Crippen LogP contribution is -2.31. The third kappa shape index (κ3) is 2.83. The maximum absolute atomic E-state index is 11.4. The van der Waals surface area contributed by atoms with Gasteiger partial charge in [0.2, 0.25) is 0 Å². The molecule has 1 aromatic rings. The molecule has 0 amide bonds. The smallest absolute Gasteiger partial charge is 0.312 e. The van der Waals surface area contributed by atoms with Crippen molar-refractivity contribution in [3.63, 3.8) is 0 Å². The average Bonchev–Trinajstić information content (AvgIpc) is 2.76. The van der Waals surface area contributed by atoms with Gasteiger partial charge in [0.25, 0.3) is 0 Å². The summed E-state index contributed by atoms with van der Waals surface area (Å²) in [5, 5.41) is 19.8. The first-order chi connectivity index (χ1) is 9.77. The van der Waals surface area contributed by atoms with E-state index < -0.39 is 17.5 Å². The lowest BCUT2D eigenvalue weighted by molar-refractivity contribution is -0.153. The number of fused-ring (bicyclic) bond motifs is 1. The molecule has 1 aliphatic heterocycles. The summed E-state index contributed by atoms with van der Waals surface area (Å²) in [6, 6.07) is 3.55. The van der Waals surface area contributed by atoms with Gasteiger partial charge in [0.15, 0.2) is 0 Å². The fraction of sp³-hybridized carbons (Fsp3) is 0.562. The molecule has 1 heterocycles. The van der Waals surface area contributed by atoms with Crippen molar-refractivity contribution in [3.05, 3.63) is 23.3 Å². The number of aliphatic hydroxyl groups excluding tert-OH is 1. The van der Waals surface area contributed by atoms with Crippen molar-refractivity contribution in [2.24, 2.45) is 5.41 Å². The van der Waals surface area contributed by atoms with Crippen LogP contribution in [0.15, 0.2) is 12.1 Å². The van der Waals surface area contributed by atoms with Crippen LogP contribution in [0.2, 0.25) is 0 Å². The topological polar surface area (TPSA) is 76.0 Å². The zero-order valence-corrected chi connectivity index (χ0v) is 12.8. The minimum absolute atomic E-state index is 0.0781. The van der Waals surface area contributed by atoms with E-state index in [1.165, 1.54) is 13.8 Å². The maximum atomic E-state index is 11.4. The minimum Gasteiger partial charge on any atom is -0.493 e. The van der Waals surface area contributed by atoms with E-state index in [1.807, 2.05) is 19.9 Å². The number of ether oxygens (including phenoxy) is 2. The van der Waals surface area contributed by atoms with E-state index >= 15 is 0 Å². The Bertz CT molecular complexity index is 550. The number of rotatable bonds is 5. The average molecular weight is 294 g/mol. The molecule has 0 radical (unpaired) electrons. The van der Waals surface area contributed by atoms with Crippen LogP contribution in [0.3, 0.4) is 0 Å². The van der Waals surface area contributed by atoms with Crippen molar-refractivity contribution < 1.29 is 24.5 Å². The number of carboxylic acid groups (broad SMARTS) is 1. The molecule has 5 heteroatoms. The molecule has 2 unspecified atom stereocenters. The van der Waals surface area contributed by atoms with Gasteiger partial charge >= 0.3 is 5.97 Å². The lowest BCUT2D eigenvalue weighted by Gasteiger charge is -2.28. The molecular formula is C16H22O5. The predicted molar refractivity (Wildman–Crippen MR) is 77.8 cm³/mol. The first kappa shape index (κ1) is 15.6. The predicted octanol–water partition coefficient (Wildman–Crippen LogP) is 2.55. The summed E-state index contributed by atoms with van der Waals surface area (Å²) in [6.45, 7) is 7.25. The SMILES string of the molecule is CCOc1cc2c(cc1C(O)C(C)(C)C(=O)O)OC(C)C2. The summed E-state index contributed by atoms with van der Waals surface area (Å²) < 4.78 is 11.3. The van der Waals surface area contributed by atoms with Crippen molar-refractivity contribution in [1.29, 1.82) is 0 Å².